The van der Waals surface area contributed by atoms with Crippen LogP contribution in [0.5, 0.6) is 0 Å². The lowest BCUT2D eigenvalue weighted by Gasteiger charge is -2.19. The molecule has 4 nitrogen and oxygen atoms in total. The first kappa shape index (κ1) is 17.0. The average molecular weight is 347 g/mol. The van der Waals surface area contributed by atoms with Crippen molar-refractivity contribution >= 4 is 12.0 Å². The standard InChI is InChI=1S/C22H25N3O/c1-2-24-13-19-15-25(16-20(19)14-24)22(26)11-8-17-6-9-18(10-7-17)21-5-3-4-12-23-21/h3-12,19-20H,2,13-16H2,1H3/b11-8+. The highest BCUT2D eigenvalue weighted by atomic mass is 16.2. The van der Waals surface area contributed by atoms with Crippen LogP contribution in [0, 0.1) is 11.8 Å². The van der Waals surface area contributed by atoms with Crippen molar-refractivity contribution in [3.63, 3.8) is 0 Å². The van der Waals surface area contributed by atoms with Gasteiger partial charge >= 0.3 is 0 Å². The summed E-state index contributed by atoms with van der Waals surface area (Å²) in [6, 6.07) is 14.1. The van der Waals surface area contributed by atoms with E-state index in [-0.39, 0.29) is 5.91 Å². The van der Waals surface area contributed by atoms with E-state index in [0.29, 0.717) is 11.8 Å². The van der Waals surface area contributed by atoms with Gasteiger partial charge in [0.15, 0.2) is 0 Å². The summed E-state index contributed by atoms with van der Waals surface area (Å²) < 4.78 is 0. The van der Waals surface area contributed by atoms with Gasteiger partial charge in [0.05, 0.1) is 5.69 Å². The molecule has 4 rings (SSSR count). The maximum Gasteiger partial charge on any atom is 0.246 e. The summed E-state index contributed by atoms with van der Waals surface area (Å²) in [6.07, 6.45) is 5.43. The number of fused-ring (bicyclic) bond motifs is 1. The lowest BCUT2D eigenvalue weighted by molar-refractivity contribution is -0.125. The minimum Gasteiger partial charge on any atom is -0.338 e. The summed E-state index contributed by atoms with van der Waals surface area (Å²) in [5.74, 6) is 1.45. The van der Waals surface area contributed by atoms with E-state index in [1.807, 2.05) is 53.4 Å². The molecule has 3 heterocycles. The number of hydrogen-bond donors (Lipinski definition) is 0. The number of carbonyl (C=O) groups is 1. The van der Waals surface area contributed by atoms with Crippen molar-refractivity contribution in [1.29, 1.82) is 0 Å². The van der Waals surface area contributed by atoms with E-state index in [9.17, 15) is 4.79 Å². The van der Waals surface area contributed by atoms with Gasteiger partial charge in [0, 0.05) is 44.0 Å². The Balaban J connectivity index is 1.36. The summed E-state index contributed by atoms with van der Waals surface area (Å²) in [4.78, 5) is 21.4. The number of likely N-dealkylation sites (tertiary alicyclic amines) is 2. The van der Waals surface area contributed by atoms with Gasteiger partial charge in [0.1, 0.15) is 0 Å². The normalized spacial score (nSPS) is 22.9. The summed E-state index contributed by atoms with van der Waals surface area (Å²) in [5.41, 5.74) is 3.08. The van der Waals surface area contributed by atoms with Crippen LogP contribution in [-0.2, 0) is 4.79 Å². The Morgan fingerprint density at radius 3 is 2.42 bits per heavy atom. The molecule has 2 fully saturated rings. The largest absolute Gasteiger partial charge is 0.338 e. The quantitative estimate of drug-likeness (QED) is 0.797. The monoisotopic (exact) mass is 347 g/mol. The SMILES string of the molecule is CCN1CC2CN(C(=O)/C=C/c3ccc(-c4ccccn4)cc3)CC2C1. The van der Waals surface area contributed by atoms with Crippen LogP contribution in [0.4, 0.5) is 0 Å². The second-order valence-corrected chi connectivity index (χ2v) is 7.29. The van der Waals surface area contributed by atoms with Crippen LogP contribution in [0.25, 0.3) is 17.3 Å². The van der Waals surface area contributed by atoms with E-state index in [0.717, 1.165) is 49.5 Å². The maximum atomic E-state index is 12.5. The first-order valence-corrected chi connectivity index (χ1v) is 9.43. The minimum atomic E-state index is 0.135. The van der Waals surface area contributed by atoms with Gasteiger partial charge in [-0.15, -0.1) is 0 Å². The van der Waals surface area contributed by atoms with Crippen LogP contribution in [0.15, 0.2) is 54.7 Å². The third-order valence-electron chi connectivity index (χ3n) is 5.61. The molecule has 134 valence electrons. The van der Waals surface area contributed by atoms with Crippen LogP contribution in [0.2, 0.25) is 0 Å². The fourth-order valence-electron chi connectivity index (χ4n) is 4.10. The van der Waals surface area contributed by atoms with Crippen molar-refractivity contribution in [2.75, 3.05) is 32.7 Å². The highest BCUT2D eigenvalue weighted by Gasteiger charge is 2.40. The molecule has 2 saturated heterocycles. The molecule has 0 N–H and O–H groups in total. The molecule has 2 atom stereocenters. The number of carbonyl (C=O) groups excluding carboxylic acids is 1. The first-order chi connectivity index (χ1) is 12.7. The fraction of sp³-hybridized carbons (Fsp3) is 0.364. The molecule has 1 aromatic carbocycles. The van der Waals surface area contributed by atoms with Crippen LogP contribution < -0.4 is 0 Å². The predicted molar refractivity (Wildman–Crippen MR) is 104 cm³/mol. The molecule has 0 bridgehead atoms. The smallest absolute Gasteiger partial charge is 0.246 e. The molecule has 1 amide bonds. The zero-order chi connectivity index (χ0) is 17.9. The summed E-state index contributed by atoms with van der Waals surface area (Å²) in [7, 11) is 0. The number of pyridine rings is 1. The minimum absolute atomic E-state index is 0.135. The molecule has 0 saturated carbocycles. The number of benzene rings is 1. The van der Waals surface area contributed by atoms with Gasteiger partial charge in [-0.1, -0.05) is 37.3 Å². The van der Waals surface area contributed by atoms with Gasteiger partial charge in [-0.25, -0.2) is 0 Å². The molecule has 0 spiro atoms. The van der Waals surface area contributed by atoms with Gasteiger partial charge < -0.3 is 9.80 Å². The Kier molecular flexibility index (Phi) is 4.85. The third-order valence-corrected chi connectivity index (χ3v) is 5.61. The molecule has 1 aromatic heterocycles. The summed E-state index contributed by atoms with van der Waals surface area (Å²) >= 11 is 0. The van der Waals surface area contributed by atoms with Crippen molar-refractivity contribution in [1.82, 2.24) is 14.8 Å². The van der Waals surface area contributed by atoms with Crippen LogP contribution >= 0.6 is 0 Å². The number of nitrogens with zero attached hydrogens (tertiary/aromatic N) is 3. The van der Waals surface area contributed by atoms with Crippen molar-refractivity contribution in [2.24, 2.45) is 11.8 Å². The zero-order valence-corrected chi connectivity index (χ0v) is 15.2. The fourth-order valence-corrected chi connectivity index (χ4v) is 4.10. The lowest BCUT2D eigenvalue weighted by atomic mass is 10.0. The molecule has 2 aliphatic rings. The van der Waals surface area contributed by atoms with E-state index in [4.69, 9.17) is 0 Å². The van der Waals surface area contributed by atoms with Crippen LogP contribution in [0.3, 0.4) is 0 Å². The number of aromatic nitrogens is 1. The van der Waals surface area contributed by atoms with Crippen molar-refractivity contribution < 1.29 is 4.79 Å². The van der Waals surface area contributed by atoms with Gasteiger partial charge in [0.2, 0.25) is 5.91 Å². The molecule has 2 aromatic rings. The Hall–Kier alpha value is -2.46. The van der Waals surface area contributed by atoms with E-state index in [1.165, 1.54) is 0 Å². The maximum absolute atomic E-state index is 12.5. The molecular weight excluding hydrogens is 322 g/mol. The molecule has 2 aliphatic heterocycles. The average Bonchev–Trinajstić information content (AvgIpc) is 3.26. The zero-order valence-electron chi connectivity index (χ0n) is 15.2. The highest BCUT2D eigenvalue weighted by Crippen LogP contribution is 2.31. The Morgan fingerprint density at radius 2 is 1.81 bits per heavy atom. The van der Waals surface area contributed by atoms with E-state index < -0.39 is 0 Å². The van der Waals surface area contributed by atoms with E-state index >= 15 is 0 Å². The van der Waals surface area contributed by atoms with Gasteiger partial charge in [-0.3, -0.25) is 9.78 Å². The van der Waals surface area contributed by atoms with Gasteiger partial charge in [0.25, 0.3) is 0 Å². The molecule has 0 aliphatic carbocycles. The number of hydrogen-bond acceptors (Lipinski definition) is 3. The van der Waals surface area contributed by atoms with Crippen LogP contribution in [-0.4, -0.2) is 53.4 Å². The molecule has 0 radical (unpaired) electrons. The second kappa shape index (κ2) is 7.42. The second-order valence-electron chi connectivity index (χ2n) is 7.29. The topological polar surface area (TPSA) is 36.4 Å². The van der Waals surface area contributed by atoms with Gasteiger partial charge in [-0.05, 0) is 42.2 Å². The molecule has 26 heavy (non-hydrogen) atoms. The Labute approximate surface area is 155 Å². The number of rotatable bonds is 4. The van der Waals surface area contributed by atoms with Gasteiger partial charge in [-0.2, -0.15) is 0 Å². The Bertz CT molecular complexity index is 771. The first-order valence-electron chi connectivity index (χ1n) is 9.43. The molecule has 2 unspecified atom stereocenters. The molecular formula is C22H25N3O. The third kappa shape index (κ3) is 3.56. The van der Waals surface area contributed by atoms with Crippen LogP contribution in [0.1, 0.15) is 12.5 Å². The lowest BCUT2D eigenvalue weighted by Crippen LogP contribution is -2.32. The van der Waals surface area contributed by atoms with Crippen molar-refractivity contribution in [3.8, 4) is 11.3 Å². The highest BCUT2D eigenvalue weighted by molar-refractivity contribution is 5.92. The molecule has 4 heteroatoms. The van der Waals surface area contributed by atoms with Crippen molar-refractivity contribution in [3.05, 3.63) is 60.3 Å². The summed E-state index contributed by atoms with van der Waals surface area (Å²) in [6.45, 7) is 7.43. The van der Waals surface area contributed by atoms with E-state index in [2.05, 4.69) is 16.8 Å². The summed E-state index contributed by atoms with van der Waals surface area (Å²) in [5, 5.41) is 0. The predicted octanol–water partition coefficient (Wildman–Crippen LogP) is 3.17. The van der Waals surface area contributed by atoms with E-state index in [1.54, 1.807) is 12.3 Å². The Morgan fingerprint density at radius 1 is 1.08 bits per heavy atom. The van der Waals surface area contributed by atoms with Crippen molar-refractivity contribution in [2.45, 2.75) is 6.92 Å². The number of amides is 1.